The minimum Gasteiger partial charge on any atom is -0.486 e. The highest BCUT2D eigenvalue weighted by atomic mass is 35.5. The highest BCUT2D eigenvalue weighted by Crippen LogP contribution is 2.24. The van der Waals surface area contributed by atoms with Crippen LogP contribution in [0, 0.1) is 13.8 Å². The van der Waals surface area contributed by atoms with E-state index in [1.54, 1.807) is 43.3 Å². The van der Waals surface area contributed by atoms with Crippen LogP contribution in [-0.4, -0.2) is 16.8 Å². The average molecular weight is 430 g/mol. The predicted molar refractivity (Wildman–Crippen MR) is 116 cm³/mol. The van der Waals surface area contributed by atoms with E-state index in [9.17, 15) is 9.59 Å². The number of anilines is 2. The number of halogens is 1. The molecule has 0 atom stereocenters. The number of aromatic nitrogens is 1. The summed E-state index contributed by atoms with van der Waals surface area (Å²) in [6, 6.07) is 12.4. The molecule has 29 heavy (non-hydrogen) atoms. The second-order valence-corrected chi connectivity index (χ2v) is 7.95. The van der Waals surface area contributed by atoms with Gasteiger partial charge in [0.1, 0.15) is 22.2 Å². The van der Waals surface area contributed by atoms with E-state index in [2.05, 4.69) is 15.6 Å². The van der Waals surface area contributed by atoms with E-state index < -0.39 is 0 Å². The second-order valence-electron chi connectivity index (χ2n) is 6.43. The molecular weight excluding hydrogens is 410 g/mol. The fourth-order valence-corrected chi connectivity index (χ4v) is 3.61. The average Bonchev–Trinajstić information content (AvgIpc) is 3.04. The van der Waals surface area contributed by atoms with Gasteiger partial charge in [0.25, 0.3) is 5.91 Å². The smallest absolute Gasteiger partial charge is 0.267 e. The van der Waals surface area contributed by atoms with Crippen LogP contribution in [0.15, 0.2) is 42.5 Å². The Morgan fingerprint density at radius 2 is 1.83 bits per heavy atom. The van der Waals surface area contributed by atoms with Crippen molar-refractivity contribution in [2.24, 2.45) is 0 Å². The van der Waals surface area contributed by atoms with Crippen LogP contribution in [0.3, 0.4) is 0 Å². The van der Waals surface area contributed by atoms with Crippen molar-refractivity contribution in [3.05, 3.63) is 68.6 Å². The lowest BCUT2D eigenvalue weighted by atomic mass is 10.1. The lowest BCUT2D eigenvalue weighted by molar-refractivity contribution is -0.114. The Morgan fingerprint density at radius 1 is 1.10 bits per heavy atom. The maximum Gasteiger partial charge on any atom is 0.267 e. The number of rotatable bonds is 6. The molecule has 150 valence electrons. The molecule has 0 fully saturated rings. The van der Waals surface area contributed by atoms with E-state index in [4.69, 9.17) is 16.3 Å². The Labute approximate surface area is 177 Å². The van der Waals surface area contributed by atoms with Crippen LogP contribution in [0.4, 0.5) is 11.4 Å². The third-order valence-electron chi connectivity index (χ3n) is 4.03. The molecule has 0 aliphatic heterocycles. The number of ether oxygens (including phenoxy) is 1. The zero-order valence-corrected chi connectivity index (χ0v) is 17.8. The molecule has 0 aliphatic rings. The molecule has 3 aromatic rings. The van der Waals surface area contributed by atoms with Crippen LogP contribution in [0.1, 0.15) is 32.9 Å². The Morgan fingerprint density at radius 3 is 2.52 bits per heavy atom. The van der Waals surface area contributed by atoms with E-state index in [0.29, 0.717) is 37.7 Å². The molecule has 0 saturated carbocycles. The molecule has 1 heterocycles. The van der Waals surface area contributed by atoms with Gasteiger partial charge in [0.05, 0.1) is 5.69 Å². The predicted octanol–water partition coefficient (Wildman–Crippen LogP) is 5.20. The van der Waals surface area contributed by atoms with Crippen LogP contribution in [-0.2, 0) is 11.4 Å². The first-order valence-electron chi connectivity index (χ1n) is 8.86. The molecule has 0 unspecified atom stereocenters. The molecule has 0 aliphatic carbocycles. The number of carbonyl (C=O) groups excluding carboxylic acids is 2. The molecule has 6 nitrogen and oxygen atoms in total. The van der Waals surface area contributed by atoms with Gasteiger partial charge in [-0.05, 0) is 55.8 Å². The summed E-state index contributed by atoms with van der Waals surface area (Å²) in [7, 11) is 0. The van der Waals surface area contributed by atoms with Crippen LogP contribution >= 0.6 is 22.9 Å². The summed E-state index contributed by atoms with van der Waals surface area (Å²) in [6.45, 7) is 5.38. The molecule has 0 spiro atoms. The first-order valence-corrected chi connectivity index (χ1v) is 10.1. The normalized spacial score (nSPS) is 10.5. The maximum absolute atomic E-state index is 12.7. The minimum atomic E-state index is -0.254. The van der Waals surface area contributed by atoms with Crippen molar-refractivity contribution in [1.29, 1.82) is 0 Å². The van der Waals surface area contributed by atoms with Crippen molar-refractivity contribution >= 4 is 46.1 Å². The molecule has 0 bridgehead atoms. The lowest BCUT2D eigenvalue weighted by Crippen LogP contribution is -2.13. The summed E-state index contributed by atoms with van der Waals surface area (Å²) in [5.74, 6) is 0.258. The van der Waals surface area contributed by atoms with Crippen LogP contribution in [0.2, 0.25) is 5.02 Å². The first kappa shape index (κ1) is 20.8. The van der Waals surface area contributed by atoms with Crippen molar-refractivity contribution in [1.82, 2.24) is 4.98 Å². The minimum absolute atomic E-state index is 0.166. The summed E-state index contributed by atoms with van der Waals surface area (Å²) in [5.41, 5.74) is 2.80. The molecule has 2 aromatic carbocycles. The van der Waals surface area contributed by atoms with Crippen LogP contribution in [0.25, 0.3) is 0 Å². The Balaban J connectivity index is 1.68. The molecule has 8 heteroatoms. The number of hydrogen-bond donors (Lipinski definition) is 2. The number of benzene rings is 2. The van der Waals surface area contributed by atoms with Crippen molar-refractivity contribution in [3.8, 4) is 5.75 Å². The van der Waals surface area contributed by atoms with Crippen LogP contribution in [0.5, 0.6) is 5.75 Å². The third-order valence-corrected chi connectivity index (χ3v) is 5.41. The summed E-state index contributed by atoms with van der Waals surface area (Å²) >= 11 is 7.15. The van der Waals surface area contributed by atoms with Crippen molar-refractivity contribution in [3.63, 3.8) is 0 Å². The van der Waals surface area contributed by atoms with Gasteiger partial charge in [0, 0.05) is 23.3 Å². The highest BCUT2D eigenvalue weighted by molar-refractivity contribution is 7.13. The Hall–Kier alpha value is -2.90. The van der Waals surface area contributed by atoms with E-state index in [1.165, 1.54) is 18.3 Å². The van der Waals surface area contributed by atoms with E-state index in [1.807, 2.05) is 13.0 Å². The fraction of sp³-hybridized carbons (Fsp3) is 0.190. The number of nitrogens with zero attached hydrogens (tertiary/aromatic N) is 1. The largest absolute Gasteiger partial charge is 0.486 e. The molecular formula is C21H20ClN3O3S. The Kier molecular flexibility index (Phi) is 6.51. The van der Waals surface area contributed by atoms with Gasteiger partial charge in [0.2, 0.25) is 5.91 Å². The standard InChI is InChI=1S/C21H20ClN3O3S/c1-12-4-7-16(10-18(12)24-14(3)26)25-21(27)20-13(2)23-19(29-20)11-28-17-8-5-15(22)6-9-17/h4-10H,11H2,1-3H3,(H,24,26)(H,25,27). The van der Waals surface area contributed by atoms with Gasteiger partial charge < -0.3 is 15.4 Å². The fourth-order valence-electron chi connectivity index (χ4n) is 2.61. The number of aryl methyl sites for hydroxylation is 2. The first-order chi connectivity index (χ1) is 13.8. The van der Waals surface area contributed by atoms with Crippen molar-refractivity contribution in [2.45, 2.75) is 27.4 Å². The maximum atomic E-state index is 12.7. The highest BCUT2D eigenvalue weighted by Gasteiger charge is 2.16. The summed E-state index contributed by atoms with van der Waals surface area (Å²) in [5, 5.41) is 6.95. The van der Waals surface area contributed by atoms with Gasteiger partial charge in [0.15, 0.2) is 0 Å². The molecule has 3 rings (SSSR count). The van der Waals surface area contributed by atoms with Gasteiger partial charge in [-0.3, -0.25) is 9.59 Å². The molecule has 1 aromatic heterocycles. The Bertz CT molecular complexity index is 1050. The van der Waals surface area contributed by atoms with Gasteiger partial charge in [-0.25, -0.2) is 4.98 Å². The monoisotopic (exact) mass is 429 g/mol. The van der Waals surface area contributed by atoms with E-state index in [0.717, 1.165) is 5.56 Å². The topological polar surface area (TPSA) is 80.3 Å². The third kappa shape index (κ3) is 5.56. The summed E-state index contributed by atoms with van der Waals surface area (Å²) < 4.78 is 5.70. The lowest BCUT2D eigenvalue weighted by Gasteiger charge is -2.10. The van der Waals surface area contributed by atoms with E-state index >= 15 is 0 Å². The van der Waals surface area contributed by atoms with Gasteiger partial charge >= 0.3 is 0 Å². The zero-order chi connectivity index (χ0) is 21.0. The number of nitrogens with one attached hydrogen (secondary N) is 2. The van der Waals surface area contributed by atoms with Gasteiger partial charge in [-0.2, -0.15) is 0 Å². The molecule has 0 radical (unpaired) electrons. The molecule has 2 N–H and O–H groups in total. The molecule has 0 saturated heterocycles. The van der Waals surface area contributed by atoms with Crippen LogP contribution < -0.4 is 15.4 Å². The van der Waals surface area contributed by atoms with Gasteiger partial charge in [-0.15, -0.1) is 11.3 Å². The summed E-state index contributed by atoms with van der Waals surface area (Å²) in [6.07, 6.45) is 0. The van der Waals surface area contributed by atoms with Crippen molar-refractivity contribution < 1.29 is 14.3 Å². The second kappa shape index (κ2) is 9.07. The summed E-state index contributed by atoms with van der Waals surface area (Å²) in [4.78, 5) is 29.0. The number of carbonyl (C=O) groups is 2. The number of hydrogen-bond acceptors (Lipinski definition) is 5. The molecule has 2 amide bonds. The quantitative estimate of drug-likeness (QED) is 0.564. The number of amides is 2. The SMILES string of the molecule is CC(=O)Nc1cc(NC(=O)c2sc(COc3ccc(Cl)cc3)nc2C)ccc1C. The van der Waals surface area contributed by atoms with Crippen molar-refractivity contribution in [2.75, 3.05) is 10.6 Å². The van der Waals surface area contributed by atoms with E-state index in [-0.39, 0.29) is 18.4 Å². The zero-order valence-electron chi connectivity index (χ0n) is 16.2. The number of thiazole rings is 1. The van der Waals surface area contributed by atoms with Gasteiger partial charge in [-0.1, -0.05) is 17.7 Å².